The number of hydrogen-bond donors (Lipinski definition) is 3. The second-order valence-corrected chi connectivity index (χ2v) is 8.75. The normalized spacial score (nSPS) is 25.6. The molecular weight excluding hydrogens is 450 g/mol. The Morgan fingerprint density at radius 1 is 1.45 bits per heavy atom. The number of cyclic esters (lactones) is 1. The minimum atomic E-state index is -1.29. The Kier molecular flexibility index (Phi) is 5.58. The van der Waals surface area contributed by atoms with E-state index in [1.807, 2.05) is 0 Å². The van der Waals surface area contributed by atoms with Crippen LogP contribution in [0.4, 0.5) is 5.13 Å². The first-order valence-electron chi connectivity index (χ1n) is 9.05. The van der Waals surface area contributed by atoms with Gasteiger partial charge in [0.2, 0.25) is 0 Å². The molecule has 0 spiro atoms. The molecule has 1 aromatic heterocycles. The molecule has 3 atom stereocenters. The highest BCUT2D eigenvalue weighted by Crippen LogP contribution is 2.42. The molecule has 1 aromatic rings. The molecule has 2 saturated heterocycles. The molecule has 2 fully saturated rings. The van der Waals surface area contributed by atoms with Crippen LogP contribution < -0.4 is 11.1 Å². The molecule has 0 aliphatic carbocycles. The van der Waals surface area contributed by atoms with Crippen LogP contribution in [-0.4, -0.2) is 74.8 Å². The van der Waals surface area contributed by atoms with Crippen molar-refractivity contribution in [3.63, 3.8) is 0 Å². The number of oxime groups is 1. The zero-order valence-electron chi connectivity index (χ0n) is 16.1. The summed E-state index contributed by atoms with van der Waals surface area (Å²) in [5, 5.41) is 17.1. The van der Waals surface area contributed by atoms with Gasteiger partial charge in [0.05, 0.1) is 0 Å². The number of esters is 1. The molecule has 14 heteroatoms. The zero-order valence-corrected chi connectivity index (χ0v) is 17.7. The smallest absolute Gasteiger partial charge is 0.352 e. The number of aromatic nitrogens is 1. The summed E-state index contributed by atoms with van der Waals surface area (Å²) in [4.78, 5) is 58.7. The Morgan fingerprint density at radius 3 is 2.81 bits per heavy atom. The maximum absolute atomic E-state index is 12.8. The Bertz CT molecular complexity index is 1040. The largest absolute Gasteiger partial charge is 0.477 e. The molecule has 0 aromatic carbocycles. The number of thiazole rings is 1. The van der Waals surface area contributed by atoms with Gasteiger partial charge in [0.15, 0.2) is 10.8 Å². The van der Waals surface area contributed by atoms with E-state index >= 15 is 0 Å². The number of fused-ring (bicyclic) bond motifs is 1. The first kappa shape index (κ1) is 21.1. The van der Waals surface area contributed by atoms with Crippen LogP contribution in [0, 0.1) is 0 Å². The summed E-state index contributed by atoms with van der Waals surface area (Å²) in [5.41, 5.74) is 5.83. The minimum Gasteiger partial charge on any atom is -0.477 e. The van der Waals surface area contributed by atoms with E-state index in [-0.39, 0.29) is 34.4 Å². The van der Waals surface area contributed by atoms with E-state index in [0.29, 0.717) is 12.0 Å². The van der Waals surface area contributed by atoms with Crippen molar-refractivity contribution in [3.8, 4) is 0 Å². The molecule has 1 unspecified atom stereocenters. The molecule has 12 nitrogen and oxygen atoms in total. The van der Waals surface area contributed by atoms with E-state index in [4.69, 9.17) is 15.3 Å². The molecule has 4 N–H and O–H groups in total. The molecular formula is C17H17N5O7S2. The molecule has 2 amide bonds. The molecule has 3 aliphatic heterocycles. The van der Waals surface area contributed by atoms with Gasteiger partial charge >= 0.3 is 11.9 Å². The predicted molar refractivity (Wildman–Crippen MR) is 109 cm³/mol. The fraction of sp³-hybridized carbons (Fsp3) is 0.412. The van der Waals surface area contributed by atoms with Crippen LogP contribution in [0.25, 0.3) is 0 Å². The van der Waals surface area contributed by atoms with Gasteiger partial charge in [-0.15, -0.1) is 23.1 Å². The number of carbonyl (C=O) groups is 4. The van der Waals surface area contributed by atoms with E-state index < -0.39 is 41.3 Å². The van der Waals surface area contributed by atoms with Gasteiger partial charge in [0.1, 0.15) is 36.0 Å². The van der Waals surface area contributed by atoms with E-state index in [0.717, 1.165) is 16.2 Å². The van der Waals surface area contributed by atoms with E-state index in [2.05, 4.69) is 15.5 Å². The van der Waals surface area contributed by atoms with Gasteiger partial charge < -0.3 is 25.7 Å². The lowest BCUT2D eigenvalue weighted by Crippen LogP contribution is -2.71. The highest BCUT2D eigenvalue weighted by atomic mass is 32.2. The van der Waals surface area contributed by atoms with Crippen LogP contribution in [0.1, 0.15) is 18.5 Å². The number of anilines is 1. The van der Waals surface area contributed by atoms with Gasteiger partial charge in [0, 0.05) is 23.1 Å². The van der Waals surface area contributed by atoms with E-state index in [1.54, 1.807) is 0 Å². The van der Waals surface area contributed by atoms with Crippen molar-refractivity contribution in [1.29, 1.82) is 0 Å². The zero-order chi connectivity index (χ0) is 22.3. The van der Waals surface area contributed by atoms with Crippen molar-refractivity contribution in [1.82, 2.24) is 15.2 Å². The van der Waals surface area contributed by atoms with Crippen molar-refractivity contribution in [2.45, 2.75) is 30.4 Å². The number of carbonyl (C=O) groups excluding carboxylic acids is 3. The maximum atomic E-state index is 12.8. The number of rotatable bonds is 6. The number of thioether (sulfide) groups is 1. The second kappa shape index (κ2) is 8.19. The minimum absolute atomic E-state index is 0.157. The standard InChI is InChI=1S/C17H17N5O7S2/c1-28-21-10(7-5-31-17(18)19-7)13(24)20-11-14(25)22-12(16(26)27)6(4-30-15(11)22)8-2-3-9(23)29-8/h5,8,11,15H,2-4H2,1H3,(H2,18,19)(H,20,24)(H,26,27)/b21-10+/t8?,11-,15-/m1/s1. The van der Waals surface area contributed by atoms with Gasteiger partial charge in [-0.25, -0.2) is 9.78 Å². The monoisotopic (exact) mass is 467 g/mol. The fourth-order valence-corrected chi connectivity index (χ4v) is 5.52. The van der Waals surface area contributed by atoms with Gasteiger partial charge in [-0.1, -0.05) is 5.16 Å². The number of hydrogen-bond acceptors (Lipinski definition) is 11. The Morgan fingerprint density at radius 2 is 2.23 bits per heavy atom. The topological polar surface area (TPSA) is 174 Å². The second-order valence-electron chi connectivity index (χ2n) is 6.75. The van der Waals surface area contributed by atoms with Crippen LogP contribution in [0.3, 0.4) is 0 Å². The lowest BCUT2D eigenvalue weighted by molar-refractivity contribution is -0.150. The van der Waals surface area contributed by atoms with Crippen LogP contribution in [0.5, 0.6) is 0 Å². The van der Waals surface area contributed by atoms with Crippen molar-refractivity contribution < 1.29 is 33.9 Å². The molecule has 3 aliphatic rings. The molecule has 31 heavy (non-hydrogen) atoms. The number of nitrogens with two attached hydrogens (primary N) is 1. The number of nitrogen functional groups attached to an aromatic ring is 1. The van der Waals surface area contributed by atoms with Gasteiger partial charge in [-0.3, -0.25) is 19.3 Å². The summed E-state index contributed by atoms with van der Waals surface area (Å²) in [6.07, 6.45) is -0.0969. The third-order valence-electron chi connectivity index (χ3n) is 4.92. The number of ether oxygens (including phenoxy) is 1. The van der Waals surface area contributed by atoms with E-state index in [1.165, 1.54) is 24.3 Å². The van der Waals surface area contributed by atoms with Crippen LogP contribution in [0.2, 0.25) is 0 Å². The third kappa shape index (κ3) is 3.72. The number of aliphatic carboxylic acids is 1. The van der Waals surface area contributed by atoms with E-state index in [9.17, 15) is 24.3 Å². The summed E-state index contributed by atoms with van der Waals surface area (Å²) in [6.45, 7) is 0. The Hall–Kier alpha value is -3.13. The summed E-state index contributed by atoms with van der Waals surface area (Å²) in [7, 11) is 1.26. The molecule has 4 heterocycles. The molecule has 4 rings (SSSR count). The van der Waals surface area contributed by atoms with Crippen molar-refractivity contribution in [2.24, 2.45) is 5.16 Å². The highest BCUT2D eigenvalue weighted by molar-refractivity contribution is 8.00. The summed E-state index contributed by atoms with van der Waals surface area (Å²) < 4.78 is 5.20. The van der Waals surface area contributed by atoms with Crippen LogP contribution >= 0.6 is 23.1 Å². The Labute approximate surface area is 183 Å². The average Bonchev–Trinajstić information content (AvgIpc) is 3.36. The first-order valence-corrected chi connectivity index (χ1v) is 11.0. The third-order valence-corrected chi connectivity index (χ3v) is 6.90. The number of amides is 2. The maximum Gasteiger partial charge on any atom is 0.352 e. The molecule has 0 bridgehead atoms. The SMILES string of the molecule is CO/N=C(/C(=O)N[C@@H]1C(=O)N2C(C(=O)O)=C(C3CCC(=O)O3)CS[C@H]12)c1csc(N)n1. The van der Waals surface area contributed by atoms with Crippen molar-refractivity contribution in [2.75, 3.05) is 18.6 Å². The molecule has 0 saturated carbocycles. The highest BCUT2D eigenvalue weighted by Gasteiger charge is 2.55. The van der Waals surface area contributed by atoms with Gasteiger partial charge in [-0.05, 0) is 6.42 Å². The van der Waals surface area contributed by atoms with Gasteiger partial charge in [-0.2, -0.15) is 0 Å². The number of β-lactam (4-membered cyclic amide) rings is 1. The first-order chi connectivity index (χ1) is 14.8. The lowest BCUT2D eigenvalue weighted by Gasteiger charge is -2.49. The quantitative estimate of drug-likeness (QED) is 0.215. The summed E-state index contributed by atoms with van der Waals surface area (Å²) in [6, 6.07) is -0.961. The van der Waals surface area contributed by atoms with Gasteiger partial charge in [0.25, 0.3) is 11.8 Å². The number of carboxylic acid groups (broad SMARTS) is 1. The van der Waals surface area contributed by atoms with Crippen molar-refractivity contribution >= 4 is 57.7 Å². The Balaban J connectivity index is 1.54. The number of carboxylic acids is 1. The number of nitrogens with one attached hydrogen (secondary N) is 1. The molecule has 0 radical (unpaired) electrons. The fourth-order valence-electron chi connectivity index (χ4n) is 3.56. The summed E-state index contributed by atoms with van der Waals surface area (Å²) in [5.74, 6) is -2.73. The predicted octanol–water partition coefficient (Wildman–Crippen LogP) is -0.480. The van der Waals surface area contributed by atoms with Crippen LogP contribution in [0.15, 0.2) is 21.8 Å². The number of nitrogens with zero attached hydrogens (tertiary/aromatic N) is 3. The van der Waals surface area contributed by atoms with Crippen LogP contribution in [-0.2, 0) is 28.8 Å². The average molecular weight is 467 g/mol. The summed E-state index contributed by atoms with van der Waals surface area (Å²) >= 11 is 2.40. The van der Waals surface area contributed by atoms with Crippen molar-refractivity contribution in [3.05, 3.63) is 22.3 Å². The molecule has 164 valence electrons. The lowest BCUT2D eigenvalue weighted by atomic mass is 9.99.